The average Bonchev–Trinajstić information content (AvgIpc) is 2.01. The van der Waals surface area contributed by atoms with Crippen LogP contribution in [0.3, 0.4) is 0 Å². The molecule has 2 atom stereocenters. The predicted octanol–water partition coefficient (Wildman–Crippen LogP) is 1.93. The molecule has 0 aliphatic heterocycles. The minimum Gasteiger partial charge on any atom is -0.391 e. The fourth-order valence-electron chi connectivity index (χ4n) is 1.35. The van der Waals surface area contributed by atoms with Gasteiger partial charge in [0.25, 0.3) is 0 Å². The zero-order chi connectivity index (χ0) is 10.6. The summed E-state index contributed by atoms with van der Waals surface area (Å²) in [4.78, 5) is 0. The number of aliphatic hydroxyl groups excluding tert-OH is 1. The molecule has 0 aromatic rings. The van der Waals surface area contributed by atoms with Gasteiger partial charge in [0.15, 0.2) is 0 Å². The highest BCUT2D eigenvalue weighted by molar-refractivity contribution is 4.97. The van der Waals surface area contributed by atoms with E-state index in [1.807, 2.05) is 13.8 Å². The lowest BCUT2D eigenvalue weighted by Gasteiger charge is -2.32. The standard InChI is InChI=1S/C11H23NO/c1-6-11(4,5)10(13)9(12)7-8(2)3/h6,8-10,13H,1,7,12H2,2-5H3. The zero-order valence-corrected chi connectivity index (χ0v) is 9.25. The van der Waals surface area contributed by atoms with E-state index >= 15 is 0 Å². The van der Waals surface area contributed by atoms with Crippen LogP contribution in [-0.2, 0) is 0 Å². The maximum absolute atomic E-state index is 9.90. The van der Waals surface area contributed by atoms with Crippen molar-refractivity contribution in [3.05, 3.63) is 12.7 Å². The Labute approximate surface area is 81.8 Å². The van der Waals surface area contributed by atoms with Crippen LogP contribution in [0.2, 0.25) is 0 Å². The van der Waals surface area contributed by atoms with Gasteiger partial charge in [-0.15, -0.1) is 6.58 Å². The molecule has 3 N–H and O–H groups in total. The van der Waals surface area contributed by atoms with E-state index in [4.69, 9.17) is 5.73 Å². The first-order valence-electron chi connectivity index (χ1n) is 4.88. The Morgan fingerprint density at radius 1 is 1.46 bits per heavy atom. The van der Waals surface area contributed by atoms with E-state index in [-0.39, 0.29) is 11.5 Å². The summed E-state index contributed by atoms with van der Waals surface area (Å²) in [6.07, 6.45) is 2.10. The van der Waals surface area contributed by atoms with Crippen molar-refractivity contribution in [1.29, 1.82) is 0 Å². The van der Waals surface area contributed by atoms with Crippen LogP contribution >= 0.6 is 0 Å². The van der Waals surface area contributed by atoms with Crippen LogP contribution in [0.4, 0.5) is 0 Å². The molecule has 0 rings (SSSR count). The van der Waals surface area contributed by atoms with Gasteiger partial charge in [0.05, 0.1) is 6.10 Å². The Morgan fingerprint density at radius 2 is 1.92 bits per heavy atom. The number of rotatable bonds is 5. The van der Waals surface area contributed by atoms with Crippen LogP contribution in [0.5, 0.6) is 0 Å². The van der Waals surface area contributed by atoms with E-state index in [0.717, 1.165) is 6.42 Å². The van der Waals surface area contributed by atoms with E-state index < -0.39 is 6.10 Å². The molecule has 0 radical (unpaired) electrons. The van der Waals surface area contributed by atoms with Gasteiger partial charge < -0.3 is 10.8 Å². The summed E-state index contributed by atoms with van der Waals surface area (Å²) >= 11 is 0. The van der Waals surface area contributed by atoms with Gasteiger partial charge in [0, 0.05) is 11.5 Å². The van der Waals surface area contributed by atoms with Crippen molar-refractivity contribution in [1.82, 2.24) is 0 Å². The second kappa shape index (κ2) is 4.77. The van der Waals surface area contributed by atoms with Crippen molar-refractivity contribution in [2.24, 2.45) is 17.1 Å². The highest BCUT2D eigenvalue weighted by Gasteiger charge is 2.29. The third kappa shape index (κ3) is 3.92. The summed E-state index contributed by atoms with van der Waals surface area (Å²) in [6.45, 7) is 11.8. The van der Waals surface area contributed by atoms with Crippen molar-refractivity contribution in [3.8, 4) is 0 Å². The van der Waals surface area contributed by atoms with Crippen LogP contribution in [0.25, 0.3) is 0 Å². The highest BCUT2D eigenvalue weighted by atomic mass is 16.3. The SMILES string of the molecule is C=CC(C)(C)C(O)C(N)CC(C)C. The van der Waals surface area contributed by atoms with E-state index in [1.165, 1.54) is 0 Å². The monoisotopic (exact) mass is 185 g/mol. The second-order valence-corrected chi connectivity index (χ2v) is 4.76. The van der Waals surface area contributed by atoms with Gasteiger partial charge in [0.1, 0.15) is 0 Å². The molecular formula is C11H23NO. The van der Waals surface area contributed by atoms with E-state index in [2.05, 4.69) is 20.4 Å². The molecule has 0 aromatic heterocycles. The zero-order valence-electron chi connectivity index (χ0n) is 9.25. The second-order valence-electron chi connectivity index (χ2n) is 4.76. The summed E-state index contributed by atoms with van der Waals surface area (Å²) in [5.41, 5.74) is 5.58. The van der Waals surface area contributed by atoms with Crippen LogP contribution in [0.15, 0.2) is 12.7 Å². The van der Waals surface area contributed by atoms with Gasteiger partial charge in [-0.3, -0.25) is 0 Å². The molecule has 0 bridgehead atoms. The van der Waals surface area contributed by atoms with Crippen molar-refractivity contribution >= 4 is 0 Å². The Morgan fingerprint density at radius 3 is 2.23 bits per heavy atom. The van der Waals surface area contributed by atoms with Gasteiger partial charge in [-0.1, -0.05) is 33.8 Å². The molecule has 0 saturated heterocycles. The molecule has 2 nitrogen and oxygen atoms in total. The molecule has 0 saturated carbocycles. The van der Waals surface area contributed by atoms with Crippen LogP contribution < -0.4 is 5.73 Å². The summed E-state index contributed by atoms with van der Waals surface area (Å²) in [5, 5.41) is 9.90. The largest absolute Gasteiger partial charge is 0.391 e. The molecule has 0 fully saturated rings. The van der Waals surface area contributed by atoms with Crippen LogP contribution in [-0.4, -0.2) is 17.3 Å². The number of hydrogen-bond donors (Lipinski definition) is 2. The molecule has 0 aliphatic rings. The fourth-order valence-corrected chi connectivity index (χ4v) is 1.35. The van der Waals surface area contributed by atoms with Gasteiger partial charge >= 0.3 is 0 Å². The van der Waals surface area contributed by atoms with Gasteiger partial charge in [-0.05, 0) is 12.3 Å². The highest BCUT2D eigenvalue weighted by Crippen LogP contribution is 2.25. The molecule has 2 unspecified atom stereocenters. The lowest BCUT2D eigenvalue weighted by Crippen LogP contribution is -2.44. The fraction of sp³-hybridized carbons (Fsp3) is 0.818. The van der Waals surface area contributed by atoms with Crippen molar-refractivity contribution in [2.45, 2.75) is 46.3 Å². The third-order valence-electron chi connectivity index (χ3n) is 2.44. The minimum absolute atomic E-state index is 0.159. The summed E-state index contributed by atoms with van der Waals surface area (Å²) in [6, 6.07) is -0.159. The average molecular weight is 185 g/mol. The molecule has 2 heteroatoms. The molecule has 78 valence electrons. The van der Waals surface area contributed by atoms with Crippen molar-refractivity contribution < 1.29 is 5.11 Å². The first kappa shape index (κ1) is 12.7. The predicted molar refractivity (Wildman–Crippen MR) is 57.4 cm³/mol. The maximum atomic E-state index is 9.90. The first-order chi connectivity index (χ1) is 5.81. The normalized spacial score (nSPS) is 17.2. The molecule has 0 heterocycles. The number of nitrogens with two attached hydrogens (primary N) is 1. The summed E-state index contributed by atoms with van der Waals surface area (Å²) < 4.78 is 0. The molecule has 13 heavy (non-hydrogen) atoms. The van der Waals surface area contributed by atoms with Crippen LogP contribution in [0.1, 0.15) is 34.1 Å². The van der Waals surface area contributed by atoms with Gasteiger partial charge in [-0.25, -0.2) is 0 Å². The number of aliphatic hydroxyl groups is 1. The Bertz CT molecular complexity index is 163. The molecular weight excluding hydrogens is 162 g/mol. The van der Waals surface area contributed by atoms with E-state index in [9.17, 15) is 5.11 Å². The Balaban J connectivity index is 4.24. The minimum atomic E-state index is -0.507. The topological polar surface area (TPSA) is 46.2 Å². The van der Waals surface area contributed by atoms with Gasteiger partial charge in [-0.2, -0.15) is 0 Å². The molecule has 0 amide bonds. The quantitative estimate of drug-likeness (QED) is 0.643. The lowest BCUT2D eigenvalue weighted by atomic mass is 9.81. The third-order valence-corrected chi connectivity index (χ3v) is 2.44. The van der Waals surface area contributed by atoms with Gasteiger partial charge in [0.2, 0.25) is 0 Å². The summed E-state index contributed by atoms with van der Waals surface area (Å²) in [5.74, 6) is 0.519. The smallest absolute Gasteiger partial charge is 0.0776 e. The maximum Gasteiger partial charge on any atom is 0.0776 e. The number of hydrogen-bond acceptors (Lipinski definition) is 2. The first-order valence-corrected chi connectivity index (χ1v) is 4.88. The Kier molecular flexibility index (Phi) is 4.65. The van der Waals surface area contributed by atoms with Crippen molar-refractivity contribution in [2.75, 3.05) is 0 Å². The van der Waals surface area contributed by atoms with Crippen LogP contribution in [0, 0.1) is 11.3 Å². The van der Waals surface area contributed by atoms with E-state index in [0.29, 0.717) is 5.92 Å². The molecule has 0 aromatic carbocycles. The van der Waals surface area contributed by atoms with Crippen molar-refractivity contribution in [3.63, 3.8) is 0 Å². The summed E-state index contributed by atoms with van der Waals surface area (Å²) in [7, 11) is 0. The van der Waals surface area contributed by atoms with E-state index in [1.54, 1.807) is 6.08 Å². The molecule has 0 aliphatic carbocycles. The lowest BCUT2D eigenvalue weighted by molar-refractivity contribution is 0.0516. The Hall–Kier alpha value is -0.340. The molecule has 0 spiro atoms.